The van der Waals surface area contributed by atoms with Crippen LogP contribution in [0.4, 0.5) is 0 Å². The van der Waals surface area contributed by atoms with Crippen molar-refractivity contribution in [1.82, 2.24) is 0 Å². The van der Waals surface area contributed by atoms with Crippen molar-refractivity contribution in [2.45, 2.75) is 0 Å². The number of rotatable bonds is 0. The summed E-state index contributed by atoms with van der Waals surface area (Å²) in [6, 6.07) is 0. The summed E-state index contributed by atoms with van der Waals surface area (Å²) in [5.41, 5.74) is 0. The molecule has 0 unspecified atom stereocenters. The SMILES string of the molecule is [Cr].[H-].[Mn].[Na+].[Ti]. The molecular formula is HCrMnNaTi. The second-order valence-corrected chi connectivity index (χ2v) is 0. The van der Waals surface area contributed by atoms with E-state index in [4.69, 9.17) is 0 Å². The molecule has 0 aliphatic rings. The molecule has 0 atom stereocenters. The molecule has 0 aliphatic heterocycles. The molecule has 0 N–H and O–H groups in total. The van der Waals surface area contributed by atoms with E-state index in [-0.39, 0.29) is 87.1 Å². The van der Waals surface area contributed by atoms with Gasteiger partial charge in [-0.05, 0) is 0 Å². The Morgan fingerprint density at radius 3 is 1.25 bits per heavy atom. The molecule has 1 radical (unpaired) electrons. The minimum absolute atomic E-state index is 0. The molecule has 0 saturated carbocycles. The molecule has 0 aromatic rings. The fraction of sp³-hybridized carbons (Fsp3) is 0. The van der Waals surface area contributed by atoms with Crippen molar-refractivity contribution >= 4 is 0 Å². The van der Waals surface area contributed by atoms with E-state index in [1.165, 1.54) is 0 Å². The van der Waals surface area contributed by atoms with Crippen molar-refractivity contribution in [3.8, 4) is 0 Å². The van der Waals surface area contributed by atoms with Gasteiger partial charge in [-0.25, -0.2) is 0 Å². The fourth-order valence-corrected chi connectivity index (χ4v) is 0. The summed E-state index contributed by atoms with van der Waals surface area (Å²) < 4.78 is 0. The predicted molar refractivity (Wildman–Crippen MR) is 1.11 cm³/mol. The van der Waals surface area contributed by atoms with Crippen LogP contribution < -0.4 is 29.6 Å². The van der Waals surface area contributed by atoms with Crippen LogP contribution in [-0.2, 0) is 56.1 Å². The largest absolute Gasteiger partial charge is 1.00 e. The van der Waals surface area contributed by atoms with Crippen LogP contribution in [0.5, 0.6) is 0 Å². The van der Waals surface area contributed by atoms with Gasteiger partial charge in [0.2, 0.25) is 0 Å². The summed E-state index contributed by atoms with van der Waals surface area (Å²) in [6.45, 7) is 0. The van der Waals surface area contributed by atoms with Gasteiger partial charge in [-0.3, -0.25) is 0 Å². The van der Waals surface area contributed by atoms with Crippen molar-refractivity contribution in [3.63, 3.8) is 0 Å². The zero-order valence-electron chi connectivity index (χ0n) is 3.29. The van der Waals surface area contributed by atoms with Crippen LogP contribution in [0.2, 0.25) is 0 Å². The molecule has 0 saturated heterocycles. The summed E-state index contributed by atoms with van der Waals surface area (Å²) in [7, 11) is 0. The third-order valence-corrected chi connectivity index (χ3v) is 0. The second-order valence-electron chi connectivity index (χ2n) is 0. The van der Waals surface area contributed by atoms with Gasteiger partial charge >= 0.3 is 29.6 Å². The van der Waals surface area contributed by atoms with Crippen molar-refractivity contribution in [2.24, 2.45) is 0 Å². The summed E-state index contributed by atoms with van der Waals surface area (Å²) >= 11 is 0. The van der Waals surface area contributed by atoms with E-state index in [0.717, 1.165) is 0 Å². The Labute approximate surface area is 85.7 Å². The summed E-state index contributed by atoms with van der Waals surface area (Å²) in [5, 5.41) is 0. The van der Waals surface area contributed by atoms with Gasteiger partial charge in [0.05, 0.1) is 0 Å². The predicted octanol–water partition coefficient (Wildman–Crippen LogP) is -2.89. The standard InChI is InChI=1S/Cr.Mn.Na.Ti.H/q;;+1;;-1. The van der Waals surface area contributed by atoms with Gasteiger partial charge in [-0.2, -0.15) is 0 Å². The van der Waals surface area contributed by atoms with Crippen LogP contribution >= 0.6 is 0 Å². The first kappa shape index (κ1) is 29.4. The first-order chi connectivity index (χ1) is 0. The van der Waals surface area contributed by atoms with Gasteiger partial charge in [0, 0.05) is 56.1 Å². The molecule has 0 aliphatic carbocycles. The monoisotopic (exact) mass is 179 g/mol. The topological polar surface area (TPSA) is 0 Å². The van der Waals surface area contributed by atoms with Crippen molar-refractivity contribution < 1.29 is 87.1 Å². The van der Waals surface area contributed by atoms with E-state index < -0.39 is 0 Å². The van der Waals surface area contributed by atoms with Gasteiger partial charge in [0.25, 0.3) is 0 Å². The Morgan fingerprint density at radius 2 is 1.25 bits per heavy atom. The summed E-state index contributed by atoms with van der Waals surface area (Å²) in [5.74, 6) is 0. The molecule has 0 fully saturated rings. The van der Waals surface area contributed by atoms with Crippen molar-refractivity contribution in [3.05, 3.63) is 0 Å². The van der Waals surface area contributed by atoms with Crippen LogP contribution in [0, 0.1) is 0 Å². The zero-order chi connectivity index (χ0) is 0. The minimum Gasteiger partial charge on any atom is -1.00 e. The molecule has 0 rings (SSSR count). The maximum absolute atomic E-state index is 0. The van der Waals surface area contributed by atoms with Crippen LogP contribution in [0.15, 0.2) is 0 Å². The van der Waals surface area contributed by atoms with Crippen molar-refractivity contribution in [1.29, 1.82) is 0 Å². The van der Waals surface area contributed by atoms with Gasteiger partial charge < -0.3 is 1.43 Å². The summed E-state index contributed by atoms with van der Waals surface area (Å²) in [6.07, 6.45) is 0. The average Bonchev–Trinajstić information content (AvgIpc) is 0. The Bertz CT molecular complexity index is 11.6. The first-order valence-corrected chi connectivity index (χ1v) is 0. The van der Waals surface area contributed by atoms with Crippen LogP contribution in [-0.4, -0.2) is 0 Å². The zero-order valence-corrected chi connectivity index (χ0v) is 8.30. The maximum atomic E-state index is 0. The number of hydrogen-bond acceptors (Lipinski definition) is 0. The Hall–Kier alpha value is 2.77. The maximum Gasteiger partial charge on any atom is 1.00 e. The normalized spacial score (nSPS) is 0. The smallest absolute Gasteiger partial charge is 1.00 e. The van der Waals surface area contributed by atoms with E-state index >= 15 is 0 Å². The van der Waals surface area contributed by atoms with E-state index in [0.29, 0.717) is 0 Å². The van der Waals surface area contributed by atoms with Gasteiger partial charge in [0.15, 0.2) is 0 Å². The second kappa shape index (κ2) is 17.1. The quantitative estimate of drug-likeness (QED) is 0.350. The van der Waals surface area contributed by atoms with Crippen LogP contribution in [0.25, 0.3) is 0 Å². The van der Waals surface area contributed by atoms with E-state index in [2.05, 4.69) is 0 Å². The van der Waals surface area contributed by atoms with Crippen LogP contribution in [0.1, 0.15) is 1.43 Å². The Morgan fingerprint density at radius 1 is 1.25 bits per heavy atom. The molecule has 0 amide bonds. The average molecular weight is 179 g/mol. The molecular weight excluding hydrogens is 178 g/mol. The molecule has 4 heteroatoms. The van der Waals surface area contributed by atoms with Crippen molar-refractivity contribution in [2.75, 3.05) is 0 Å². The van der Waals surface area contributed by atoms with Gasteiger partial charge in [-0.1, -0.05) is 0 Å². The Balaban J connectivity index is 0. The molecule has 0 aromatic heterocycles. The Kier molecular flexibility index (Phi) is 126. The third kappa shape index (κ3) is 8.84. The summed E-state index contributed by atoms with van der Waals surface area (Å²) in [4.78, 5) is 0. The van der Waals surface area contributed by atoms with Gasteiger partial charge in [-0.15, -0.1) is 0 Å². The first-order valence-electron chi connectivity index (χ1n) is 0. The minimum atomic E-state index is 0. The third-order valence-electron chi connectivity index (χ3n) is 0. The molecule has 19 valence electrons. The number of hydrogen-bond donors (Lipinski definition) is 0. The fourth-order valence-electron chi connectivity index (χ4n) is 0. The molecule has 0 spiro atoms. The molecule has 4 heavy (non-hydrogen) atoms. The molecule has 0 nitrogen and oxygen atoms in total. The van der Waals surface area contributed by atoms with E-state index in [9.17, 15) is 0 Å². The molecule has 0 heterocycles. The molecule has 0 aromatic carbocycles. The van der Waals surface area contributed by atoms with E-state index in [1.54, 1.807) is 0 Å². The van der Waals surface area contributed by atoms with E-state index in [1.807, 2.05) is 0 Å². The molecule has 0 bridgehead atoms. The van der Waals surface area contributed by atoms with Gasteiger partial charge in [0.1, 0.15) is 0 Å². The van der Waals surface area contributed by atoms with Crippen LogP contribution in [0.3, 0.4) is 0 Å².